The second kappa shape index (κ2) is 4.12. The quantitative estimate of drug-likeness (QED) is 0.776. The van der Waals surface area contributed by atoms with E-state index in [0.717, 1.165) is 0 Å². The number of H-pyrrole nitrogens is 1. The van der Waals surface area contributed by atoms with Crippen LogP contribution in [-0.4, -0.2) is 22.1 Å². The van der Waals surface area contributed by atoms with Gasteiger partial charge in [0.05, 0.1) is 6.54 Å². The number of aromatic amines is 1. The fourth-order valence-electron chi connectivity index (χ4n) is 0.822. The molecule has 0 bridgehead atoms. The summed E-state index contributed by atoms with van der Waals surface area (Å²) in [6.07, 6.45) is -2.96. The Hall–Kier alpha value is -1.53. The number of hydrogen-bond donors (Lipinski definition) is 2. The van der Waals surface area contributed by atoms with Gasteiger partial charge in [0.15, 0.2) is 0 Å². The zero-order valence-electron chi connectivity index (χ0n) is 7.06. The molecule has 0 fully saturated rings. The first-order chi connectivity index (χ1) is 6.47. The molecule has 0 aliphatic rings. The SMILES string of the molecule is O=C(CC(F)(F)F)NCc1ncc[nH]1. The predicted octanol–water partition coefficient (Wildman–Crippen LogP) is 0.978. The molecule has 0 saturated heterocycles. The van der Waals surface area contributed by atoms with Gasteiger partial charge in [0.25, 0.3) is 0 Å². The Morgan fingerprint density at radius 1 is 1.57 bits per heavy atom. The summed E-state index contributed by atoms with van der Waals surface area (Å²) in [7, 11) is 0. The number of nitrogens with one attached hydrogen (secondary N) is 2. The molecule has 7 heteroatoms. The van der Waals surface area contributed by atoms with E-state index in [9.17, 15) is 18.0 Å². The van der Waals surface area contributed by atoms with Crippen molar-refractivity contribution >= 4 is 5.91 Å². The van der Waals surface area contributed by atoms with E-state index in [-0.39, 0.29) is 6.54 Å². The van der Waals surface area contributed by atoms with Crippen molar-refractivity contribution in [2.24, 2.45) is 0 Å². The molecule has 78 valence electrons. The first kappa shape index (κ1) is 10.6. The number of hydrogen-bond acceptors (Lipinski definition) is 2. The smallest absolute Gasteiger partial charge is 0.349 e. The lowest BCUT2D eigenvalue weighted by Crippen LogP contribution is -2.28. The first-order valence-corrected chi connectivity index (χ1v) is 3.79. The third kappa shape index (κ3) is 3.92. The van der Waals surface area contributed by atoms with Crippen LogP contribution in [0.4, 0.5) is 13.2 Å². The third-order valence-electron chi connectivity index (χ3n) is 1.37. The molecule has 2 N–H and O–H groups in total. The van der Waals surface area contributed by atoms with Gasteiger partial charge in [-0.2, -0.15) is 13.2 Å². The Morgan fingerprint density at radius 2 is 2.29 bits per heavy atom. The molecule has 0 radical (unpaired) electrons. The van der Waals surface area contributed by atoms with Gasteiger partial charge < -0.3 is 10.3 Å². The number of aromatic nitrogens is 2. The van der Waals surface area contributed by atoms with Crippen LogP contribution in [0.5, 0.6) is 0 Å². The van der Waals surface area contributed by atoms with Crippen LogP contribution in [0.15, 0.2) is 12.4 Å². The Balaban J connectivity index is 2.29. The molecule has 0 unspecified atom stereocenters. The predicted molar refractivity (Wildman–Crippen MR) is 41.1 cm³/mol. The fourth-order valence-corrected chi connectivity index (χ4v) is 0.822. The van der Waals surface area contributed by atoms with Crippen LogP contribution >= 0.6 is 0 Å². The Kier molecular flexibility index (Phi) is 3.10. The van der Waals surface area contributed by atoms with Gasteiger partial charge in [0.1, 0.15) is 12.2 Å². The molecule has 0 aliphatic heterocycles. The normalized spacial score (nSPS) is 11.4. The van der Waals surface area contributed by atoms with E-state index in [0.29, 0.717) is 5.82 Å². The van der Waals surface area contributed by atoms with Crippen molar-refractivity contribution in [3.8, 4) is 0 Å². The number of carbonyl (C=O) groups is 1. The van der Waals surface area contributed by atoms with Gasteiger partial charge in [-0.05, 0) is 0 Å². The van der Waals surface area contributed by atoms with Crippen LogP contribution in [-0.2, 0) is 11.3 Å². The molecule has 1 rings (SSSR count). The number of imidazole rings is 1. The van der Waals surface area contributed by atoms with E-state index >= 15 is 0 Å². The van der Waals surface area contributed by atoms with Gasteiger partial charge in [0, 0.05) is 12.4 Å². The molecule has 4 nitrogen and oxygen atoms in total. The second-order valence-electron chi connectivity index (χ2n) is 2.60. The van der Waals surface area contributed by atoms with Crippen molar-refractivity contribution < 1.29 is 18.0 Å². The fraction of sp³-hybridized carbons (Fsp3) is 0.429. The van der Waals surface area contributed by atoms with Crippen molar-refractivity contribution in [1.82, 2.24) is 15.3 Å². The van der Waals surface area contributed by atoms with Crippen molar-refractivity contribution in [1.29, 1.82) is 0 Å². The molecule has 1 aromatic rings. The summed E-state index contributed by atoms with van der Waals surface area (Å²) in [4.78, 5) is 17.1. The Bertz CT molecular complexity index is 294. The highest BCUT2D eigenvalue weighted by Gasteiger charge is 2.30. The monoisotopic (exact) mass is 207 g/mol. The van der Waals surface area contributed by atoms with Crippen molar-refractivity contribution in [2.75, 3.05) is 0 Å². The molecule has 1 amide bonds. The van der Waals surface area contributed by atoms with E-state index in [1.165, 1.54) is 12.4 Å². The minimum atomic E-state index is -4.47. The maximum absolute atomic E-state index is 11.7. The molecule has 14 heavy (non-hydrogen) atoms. The molecule has 0 spiro atoms. The van der Waals surface area contributed by atoms with Gasteiger partial charge >= 0.3 is 6.18 Å². The van der Waals surface area contributed by atoms with Crippen LogP contribution < -0.4 is 5.32 Å². The van der Waals surface area contributed by atoms with Gasteiger partial charge in [-0.25, -0.2) is 4.98 Å². The highest BCUT2D eigenvalue weighted by atomic mass is 19.4. The van der Waals surface area contributed by atoms with Gasteiger partial charge in [-0.15, -0.1) is 0 Å². The summed E-state index contributed by atoms with van der Waals surface area (Å²) in [5.74, 6) is -0.644. The maximum atomic E-state index is 11.7. The summed E-state index contributed by atoms with van der Waals surface area (Å²) < 4.78 is 35.1. The average Bonchev–Trinajstić information content (AvgIpc) is 2.49. The van der Waals surface area contributed by atoms with Gasteiger partial charge in [-0.3, -0.25) is 4.79 Å². The Morgan fingerprint density at radius 3 is 2.79 bits per heavy atom. The summed E-state index contributed by atoms with van der Waals surface area (Å²) in [5.41, 5.74) is 0. The zero-order chi connectivity index (χ0) is 10.6. The maximum Gasteiger partial charge on any atom is 0.397 e. The van der Waals surface area contributed by atoms with E-state index < -0.39 is 18.5 Å². The number of halogens is 3. The van der Waals surface area contributed by atoms with E-state index in [4.69, 9.17) is 0 Å². The number of amides is 1. The number of nitrogens with zero attached hydrogens (tertiary/aromatic N) is 1. The number of rotatable bonds is 3. The van der Waals surface area contributed by atoms with Crippen LogP contribution in [0.3, 0.4) is 0 Å². The molecular formula is C7H8F3N3O. The Labute approximate surface area is 77.5 Å². The molecular weight excluding hydrogens is 199 g/mol. The summed E-state index contributed by atoms with van der Waals surface area (Å²) in [5, 5.41) is 2.09. The average molecular weight is 207 g/mol. The second-order valence-corrected chi connectivity index (χ2v) is 2.60. The van der Waals surface area contributed by atoms with E-state index in [1.54, 1.807) is 0 Å². The summed E-state index contributed by atoms with van der Waals surface area (Å²) in [6.45, 7) is -0.0259. The largest absolute Gasteiger partial charge is 0.397 e. The van der Waals surface area contributed by atoms with Crippen LogP contribution in [0.1, 0.15) is 12.2 Å². The van der Waals surface area contributed by atoms with Crippen LogP contribution in [0.25, 0.3) is 0 Å². The summed E-state index contributed by atoms with van der Waals surface area (Å²) >= 11 is 0. The molecule has 0 aliphatic carbocycles. The molecule has 0 saturated carbocycles. The molecule has 1 aromatic heterocycles. The van der Waals surface area contributed by atoms with Gasteiger partial charge in [-0.1, -0.05) is 0 Å². The first-order valence-electron chi connectivity index (χ1n) is 3.79. The standard InChI is InChI=1S/C7H8F3N3O/c8-7(9,10)3-6(14)13-4-5-11-1-2-12-5/h1-2H,3-4H2,(H,11,12)(H,13,14). The lowest BCUT2D eigenvalue weighted by atomic mass is 10.4. The minimum absolute atomic E-state index is 0.0259. The lowest BCUT2D eigenvalue weighted by molar-refractivity contribution is -0.153. The van der Waals surface area contributed by atoms with Crippen LogP contribution in [0, 0.1) is 0 Å². The summed E-state index contributed by atoms with van der Waals surface area (Å²) in [6, 6.07) is 0. The van der Waals surface area contributed by atoms with E-state index in [2.05, 4.69) is 15.3 Å². The highest BCUT2D eigenvalue weighted by Crippen LogP contribution is 2.18. The topological polar surface area (TPSA) is 57.8 Å². The molecule has 1 heterocycles. The highest BCUT2D eigenvalue weighted by molar-refractivity contribution is 5.76. The van der Waals surface area contributed by atoms with Crippen molar-refractivity contribution in [3.05, 3.63) is 18.2 Å². The third-order valence-corrected chi connectivity index (χ3v) is 1.37. The zero-order valence-corrected chi connectivity index (χ0v) is 7.06. The van der Waals surface area contributed by atoms with Crippen LogP contribution in [0.2, 0.25) is 0 Å². The number of alkyl halides is 3. The van der Waals surface area contributed by atoms with Crippen molar-refractivity contribution in [2.45, 2.75) is 19.1 Å². The lowest BCUT2D eigenvalue weighted by Gasteiger charge is -2.05. The van der Waals surface area contributed by atoms with Crippen molar-refractivity contribution in [3.63, 3.8) is 0 Å². The molecule has 0 aromatic carbocycles. The van der Waals surface area contributed by atoms with E-state index in [1.807, 2.05) is 0 Å². The molecule has 0 atom stereocenters. The minimum Gasteiger partial charge on any atom is -0.349 e. The number of carbonyl (C=O) groups excluding carboxylic acids is 1. The van der Waals surface area contributed by atoms with Gasteiger partial charge in [0.2, 0.25) is 5.91 Å².